The minimum atomic E-state index is -3.41. The van der Waals surface area contributed by atoms with Gasteiger partial charge in [0.1, 0.15) is 11.5 Å². The number of benzene rings is 2. The number of aliphatic imine (C=N–C) groups is 1. The van der Waals surface area contributed by atoms with E-state index in [2.05, 4.69) is 20.9 Å². The SMILES string of the molecule is COc1cc(OC)c(C=Nc2ccc(S(=O)(=O)N3CCCC3)cc2)cc1Br. The van der Waals surface area contributed by atoms with Crippen LogP contribution in [0.15, 0.2) is 50.8 Å². The molecule has 0 aliphatic carbocycles. The van der Waals surface area contributed by atoms with Gasteiger partial charge in [0.05, 0.1) is 29.3 Å². The Morgan fingerprint density at radius 2 is 1.67 bits per heavy atom. The zero-order valence-corrected chi connectivity index (χ0v) is 17.6. The molecule has 2 aromatic rings. The summed E-state index contributed by atoms with van der Waals surface area (Å²) in [6.45, 7) is 1.18. The van der Waals surface area contributed by atoms with Crippen LogP contribution in [0.4, 0.5) is 5.69 Å². The van der Waals surface area contributed by atoms with Crippen LogP contribution in [0.3, 0.4) is 0 Å². The number of hydrogen-bond acceptors (Lipinski definition) is 5. The van der Waals surface area contributed by atoms with Crippen LogP contribution in [0.25, 0.3) is 0 Å². The fourth-order valence-electron chi connectivity index (χ4n) is 2.91. The Hall–Kier alpha value is -1.90. The van der Waals surface area contributed by atoms with E-state index in [1.165, 1.54) is 4.31 Å². The van der Waals surface area contributed by atoms with Crippen molar-refractivity contribution < 1.29 is 17.9 Å². The fraction of sp³-hybridized carbons (Fsp3) is 0.316. The van der Waals surface area contributed by atoms with E-state index in [4.69, 9.17) is 9.47 Å². The van der Waals surface area contributed by atoms with Crippen LogP contribution in [0.1, 0.15) is 18.4 Å². The molecule has 0 radical (unpaired) electrons. The minimum Gasteiger partial charge on any atom is -0.496 e. The van der Waals surface area contributed by atoms with E-state index < -0.39 is 10.0 Å². The zero-order chi connectivity index (χ0) is 19.4. The molecule has 1 aliphatic rings. The van der Waals surface area contributed by atoms with Gasteiger partial charge in [0.2, 0.25) is 10.0 Å². The second kappa shape index (κ2) is 8.41. The molecule has 2 aromatic carbocycles. The Kier molecular flexibility index (Phi) is 6.18. The van der Waals surface area contributed by atoms with Crippen molar-refractivity contribution in [2.24, 2.45) is 4.99 Å². The van der Waals surface area contributed by atoms with Gasteiger partial charge in [-0.25, -0.2) is 8.42 Å². The third kappa shape index (κ3) is 4.34. The van der Waals surface area contributed by atoms with Gasteiger partial charge in [-0.05, 0) is 59.1 Å². The maximum absolute atomic E-state index is 12.6. The summed E-state index contributed by atoms with van der Waals surface area (Å²) in [5.74, 6) is 1.30. The quantitative estimate of drug-likeness (QED) is 0.621. The average molecular weight is 453 g/mol. The molecule has 0 bridgehead atoms. The van der Waals surface area contributed by atoms with E-state index in [0.717, 1.165) is 22.9 Å². The molecule has 6 nitrogen and oxygen atoms in total. The Morgan fingerprint density at radius 3 is 2.26 bits per heavy atom. The predicted molar refractivity (Wildman–Crippen MR) is 109 cm³/mol. The molecule has 27 heavy (non-hydrogen) atoms. The van der Waals surface area contributed by atoms with E-state index in [0.29, 0.717) is 35.2 Å². The summed E-state index contributed by atoms with van der Waals surface area (Å²) >= 11 is 3.45. The Morgan fingerprint density at radius 1 is 1.04 bits per heavy atom. The normalized spacial score (nSPS) is 15.4. The van der Waals surface area contributed by atoms with Gasteiger partial charge in [-0.1, -0.05) is 0 Å². The van der Waals surface area contributed by atoms with Crippen LogP contribution in [-0.4, -0.2) is 46.2 Å². The highest BCUT2D eigenvalue weighted by Gasteiger charge is 2.26. The molecule has 1 heterocycles. The molecule has 0 amide bonds. The summed E-state index contributed by atoms with van der Waals surface area (Å²) in [6.07, 6.45) is 3.51. The third-order valence-corrected chi connectivity index (χ3v) is 6.93. The highest BCUT2D eigenvalue weighted by molar-refractivity contribution is 9.10. The highest BCUT2D eigenvalue weighted by Crippen LogP contribution is 2.32. The summed E-state index contributed by atoms with van der Waals surface area (Å²) in [4.78, 5) is 4.73. The van der Waals surface area contributed by atoms with Gasteiger partial charge in [-0.2, -0.15) is 4.31 Å². The fourth-order valence-corrected chi connectivity index (χ4v) is 4.95. The lowest BCUT2D eigenvalue weighted by molar-refractivity contribution is 0.392. The molecule has 1 saturated heterocycles. The number of halogens is 1. The van der Waals surface area contributed by atoms with Gasteiger partial charge in [-0.3, -0.25) is 4.99 Å². The van der Waals surface area contributed by atoms with Gasteiger partial charge in [0, 0.05) is 30.9 Å². The van der Waals surface area contributed by atoms with Crippen LogP contribution in [-0.2, 0) is 10.0 Å². The second-order valence-corrected chi connectivity index (χ2v) is 8.88. The van der Waals surface area contributed by atoms with E-state index >= 15 is 0 Å². The number of methoxy groups -OCH3 is 2. The number of hydrogen-bond donors (Lipinski definition) is 0. The van der Waals surface area contributed by atoms with Crippen molar-refractivity contribution in [3.05, 3.63) is 46.4 Å². The zero-order valence-electron chi connectivity index (χ0n) is 15.2. The molecule has 0 N–H and O–H groups in total. The van der Waals surface area contributed by atoms with Crippen LogP contribution in [0, 0.1) is 0 Å². The predicted octanol–water partition coefficient (Wildman–Crippen LogP) is 4.00. The van der Waals surface area contributed by atoms with E-state index in [1.807, 2.05) is 6.07 Å². The minimum absolute atomic E-state index is 0.299. The van der Waals surface area contributed by atoms with Gasteiger partial charge in [-0.15, -0.1) is 0 Å². The molecule has 1 fully saturated rings. The average Bonchev–Trinajstić information content (AvgIpc) is 3.22. The highest BCUT2D eigenvalue weighted by atomic mass is 79.9. The lowest BCUT2D eigenvalue weighted by atomic mass is 10.2. The maximum atomic E-state index is 12.6. The molecule has 1 aliphatic heterocycles. The van der Waals surface area contributed by atoms with E-state index in [1.54, 1.807) is 50.8 Å². The summed E-state index contributed by atoms with van der Waals surface area (Å²) in [5, 5.41) is 0. The second-order valence-electron chi connectivity index (χ2n) is 6.09. The van der Waals surface area contributed by atoms with Crippen molar-refractivity contribution in [1.82, 2.24) is 4.31 Å². The lowest BCUT2D eigenvalue weighted by Gasteiger charge is -2.15. The number of nitrogens with zero attached hydrogens (tertiary/aromatic N) is 2. The summed E-state index contributed by atoms with van der Waals surface area (Å²) in [5.41, 5.74) is 1.43. The Balaban J connectivity index is 1.82. The molecular weight excluding hydrogens is 432 g/mol. The van der Waals surface area contributed by atoms with Crippen LogP contribution in [0.2, 0.25) is 0 Å². The van der Waals surface area contributed by atoms with Gasteiger partial charge in [0.25, 0.3) is 0 Å². The van der Waals surface area contributed by atoms with Crippen molar-refractivity contribution in [3.8, 4) is 11.5 Å². The monoisotopic (exact) mass is 452 g/mol. The van der Waals surface area contributed by atoms with Crippen molar-refractivity contribution in [3.63, 3.8) is 0 Å². The standard InChI is InChI=1S/C19H21BrN2O4S/c1-25-18-12-19(26-2)17(20)11-14(18)13-21-15-5-7-16(8-6-15)27(23,24)22-9-3-4-10-22/h5-8,11-13H,3-4,9-10H2,1-2H3. The molecule has 0 aromatic heterocycles. The topological polar surface area (TPSA) is 68.2 Å². The van der Waals surface area contributed by atoms with Crippen molar-refractivity contribution in [1.29, 1.82) is 0 Å². The van der Waals surface area contributed by atoms with Crippen LogP contribution in [0.5, 0.6) is 11.5 Å². The van der Waals surface area contributed by atoms with Crippen molar-refractivity contribution >= 4 is 37.9 Å². The molecule has 8 heteroatoms. The van der Waals surface area contributed by atoms with Crippen molar-refractivity contribution in [2.45, 2.75) is 17.7 Å². The first-order valence-electron chi connectivity index (χ1n) is 8.51. The van der Waals surface area contributed by atoms with Gasteiger partial charge < -0.3 is 9.47 Å². The Bertz CT molecular complexity index is 937. The van der Waals surface area contributed by atoms with E-state index in [-0.39, 0.29) is 0 Å². The van der Waals surface area contributed by atoms with Crippen LogP contribution < -0.4 is 9.47 Å². The molecule has 0 saturated carbocycles. The third-order valence-electron chi connectivity index (χ3n) is 4.40. The van der Waals surface area contributed by atoms with Crippen LogP contribution >= 0.6 is 15.9 Å². The first-order chi connectivity index (χ1) is 13.0. The first kappa shape index (κ1) is 19.9. The number of rotatable bonds is 6. The maximum Gasteiger partial charge on any atom is 0.243 e. The molecule has 3 rings (SSSR count). The molecule has 144 valence electrons. The van der Waals surface area contributed by atoms with Crippen molar-refractivity contribution in [2.75, 3.05) is 27.3 Å². The molecule has 0 spiro atoms. The van der Waals surface area contributed by atoms with E-state index in [9.17, 15) is 8.42 Å². The number of ether oxygens (including phenoxy) is 2. The molecular formula is C19H21BrN2O4S. The summed E-state index contributed by atoms with van der Waals surface area (Å²) in [6, 6.07) is 10.2. The van der Waals surface area contributed by atoms with Gasteiger partial charge in [0.15, 0.2) is 0 Å². The smallest absolute Gasteiger partial charge is 0.243 e. The number of sulfonamides is 1. The van der Waals surface area contributed by atoms with Gasteiger partial charge >= 0.3 is 0 Å². The molecule has 0 atom stereocenters. The Labute approximate surface area is 168 Å². The summed E-state index contributed by atoms with van der Waals surface area (Å²) < 4.78 is 38.1. The largest absolute Gasteiger partial charge is 0.496 e. The summed E-state index contributed by atoms with van der Waals surface area (Å²) in [7, 11) is -0.235. The first-order valence-corrected chi connectivity index (χ1v) is 10.7. The molecule has 0 unspecified atom stereocenters. The lowest BCUT2D eigenvalue weighted by Crippen LogP contribution is -2.27.